The number of pyridine rings is 1. The minimum absolute atomic E-state index is 0.147. The molecule has 0 spiro atoms. The Morgan fingerprint density at radius 2 is 1.81 bits per heavy atom. The summed E-state index contributed by atoms with van der Waals surface area (Å²) in [6.45, 7) is 17.8. The molecular weight excluding hydrogens is 550 g/mol. The van der Waals surface area contributed by atoms with Crippen LogP contribution >= 0.6 is 0 Å². The van der Waals surface area contributed by atoms with Gasteiger partial charge in [0.05, 0.1) is 17.3 Å². The molecule has 1 N–H and O–H groups in total. The Morgan fingerprint density at radius 3 is 2.43 bits per heavy atom. The molecule has 0 aliphatic carbocycles. The highest BCUT2D eigenvalue weighted by Gasteiger charge is 2.37. The van der Waals surface area contributed by atoms with Gasteiger partial charge in [0.15, 0.2) is 0 Å². The number of amides is 1. The molecule has 0 saturated carbocycles. The van der Waals surface area contributed by atoms with Gasteiger partial charge in [-0.1, -0.05) is 50.8 Å². The maximum Gasteiger partial charge on any atom is 0.265 e. The number of benzene rings is 1. The predicted octanol–water partition coefficient (Wildman–Crippen LogP) is 6.11. The molecule has 0 saturated heterocycles. The lowest BCUT2D eigenvalue weighted by Gasteiger charge is -2.40. The molecule has 1 amide bonds. The van der Waals surface area contributed by atoms with Gasteiger partial charge < -0.3 is 9.64 Å². The molecule has 0 fully saturated rings. The lowest BCUT2D eigenvalue weighted by atomic mass is 9.91. The van der Waals surface area contributed by atoms with Crippen LogP contribution in [-0.2, 0) is 10.0 Å². The van der Waals surface area contributed by atoms with Crippen molar-refractivity contribution in [3.63, 3.8) is 0 Å². The summed E-state index contributed by atoms with van der Waals surface area (Å²) >= 11 is 0. The average molecular weight is 590 g/mol. The zero-order valence-electron chi connectivity index (χ0n) is 25.2. The highest BCUT2D eigenvalue weighted by Crippen LogP contribution is 2.33. The van der Waals surface area contributed by atoms with E-state index in [-0.39, 0.29) is 40.2 Å². The summed E-state index contributed by atoms with van der Waals surface area (Å²) in [5.74, 6) is -0.101. The Morgan fingerprint density at radius 1 is 1.12 bits per heavy atom. The standard InChI is InChI=1S/C32H39N5O4S/c1-9-11-23(8)30-27(14-19(2)3)37(20(4)5)31(38)24-15-25(18-33-17-24)42(39,40)36-32-34-26(16-28(35-32)41-30)29-21(6)12-10-13-22(29)7/h9-13,15-20,27,30H,1,14H2,2-8H3,(H,34,35,36)/b23-11+/t27-,30-/m1/s1. The lowest BCUT2D eigenvalue weighted by Crippen LogP contribution is -2.53. The molecular formula is C32H39N5O4S. The highest BCUT2D eigenvalue weighted by atomic mass is 32.2. The first-order valence-electron chi connectivity index (χ1n) is 14.0. The number of carbonyl (C=O) groups is 1. The zero-order valence-corrected chi connectivity index (χ0v) is 26.1. The summed E-state index contributed by atoms with van der Waals surface area (Å²) in [4.78, 5) is 29.0. The van der Waals surface area contributed by atoms with Crippen LogP contribution in [0.1, 0.15) is 62.5 Å². The van der Waals surface area contributed by atoms with E-state index in [9.17, 15) is 13.2 Å². The van der Waals surface area contributed by atoms with E-state index in [0.717, 1.165) is 22.3 Å². The number of nitrogens with one attached hydrogen (secondary N) is 1. The van der Waals surface area contributed by atoms with Crippen molar-refractivity contribution in [1.29, 1.82) is 0 Å². The van der Waals surface area contributed by atoms with E-state index in [1.807, 2.05) is 58.9 Å². The van der Waals surface area contributed by atoms with Crippen LogP contribution in [0, 0.1) is 19.8 Å². The van der Waals surface area contributed by atoms with Gasteiger partial charge in [-0.2, -0.15) is 4.98 Å². The van der Waals surface area contributed by atoms with Crippen molar-refractivity contribution < 1.29 is 17.9 Å². The van der Waals surface area contributed by atoms with Gasteiger partial charge in [-0.15, -0.1) is 0 Å². The third kappa shape index (κ3) is 6.54. The average Bonchev–Trinajstić information content (AvgIpc) is 2.90. The first-order valence-corrected chi connectivity index (χ1v) is 15.5. The van der Waals surface area contributed by atoms with Gasteiger partial charge in [-0.05, 0) is 69.7 Å². The summed E-state index contributed by atoms with van der Waals surface area (Å²) in [7, 11) is -4.20. The van der Waals surface area contributed by atoms with E-state index < -0.39 is 22.2 Å². The van der Waals surface area contributed by atoms with Crippen LogP contribution in [0.25, 0.3) is 11.3 Å². The summed E-state index contributed by atoms with van der Waals surface area (Å²) in [5, 5.41) is 0. The fourth-order valence-electron chi connectivity index (χ4n) is 5.41. The Balaban J connectivity index is 2.06. The van der Waals surface area contributed by atoms with E-state index in [2.05, 4.69) is 40.1 Å². The number of aryl methyl sites for hydroxylation is 2. The minimum Gasteiger partial charge on any atom is -0.467 e. The third-order valence-electron chi connectivity index (χ3n) is 7.22. The van der Waals surface area contributed by atoms with E-state index >= 15 is 0 Å². The summed E-state index contributed by atoms with van der Waals surface area (Å²) in [5.41, 5.74) is 4.30. The van der Waals surface area contributed by atoms with Crippen LogP contribution in [-0.4, -0.2) is 52.4 Å². The van der Waals surface area contributed by atoms with Crippen molar-refractivity contribution >= 4 is 21.9 Å². The molecule has 1 aliphatic rings. The molecule has 1 aromatic carbocycles. The number of allylic oxidation sites excluding steroid dienone is 2. The summed E-state index contributed by atoms with van der Waals surface area (Å²) in [6, 6.07) is 8.30. The van der Waals surface area contributed by atoms with E-state index in [0.29, 0.717) is 12.1 Å². The molecule has 222 valence electrons. The maximum absolute atomic E-state index is 14.1. The van der Waals surface area contributed by atoms with Crippen molar-refractivity contribution in [1.82, 2.24) is 19.9 Å². The normalized spacial score (nSPS) is 18.9. The minimum atomic E-state index is -4.20. The van der Waals surface area contributed by atoms with Crippen LogP contribution in [0.2, 0.25) is 0 Å². The zero-order chi connectivity index (χ0) is 30.8. The maximum atomic E-state index is 14.1. The Labute approximate surface area is 248 Å². The van der Waals surface area contributed by atoms with Crippen molar-refractivity contribution in [3.05, 3.63) is 83.7 Å². The van der Waals surface area contributed by atoms with Gasteiger partial charge in [-0.25, -0.2) is 18.1 Å². The Kier molecular flexibility index (Phi) is 9.15. The second-order valence-electron chi connectivity index (χ2n) is 11.4. The number of hydrogen-bond donors (Lipinski definition) is 1. The van der Waals surface area contributed by atoms with Crippen molar-refractivity contribution in [2.24, 2.45) is 5.92 Å². The van der Waals surface area contributed by atoms with Crippen molar-refractivity contribution in [2.75, 3.05) is 4.72 Å². The SMILES string of the molecule is C=C/C=C(\C)[C@H]1Oc2cc(-c3c(C)cccc3C)nc(n2)NS(=O)(=O)c2cncc(c2)C(=O)N(C(C)C)[C@@H]1CC(C)C. The van der Waals surface area contributed by atoms with Crippen LogP contribution in [0.3, 0.4) is 0 Å². The van der Waals surface area contributed by atoms with Gasteiger partial charge in [0.25, 0.3) is 15.9 Å². The van der Waals surface area contributed by atoms with Crippen molar-refractivity contribution in [3.8, 4) is 17.1 Å². The molecule has 4 bridgehead atoms. The quantitative estimate of drug-likeness (QED) is 0.345. The van der Waals surface area contributed by atoms with E-state index in [1.165, 1.54) is 18.5 Å². The number of fused-ring (bicyclic) bond motifs is 4. The van der Waals surface area contributed by atoms with Crippen LogP contribution in [0.15, 0.2) is 71.9 Å². The number of ether oxygens (including phenoxy) is 1. The predicted molar refractivity (Wildman–Crippen MR) is 165 cm³/mol. The van der Waals surface area contributed by atoms with Crippen LogP contribution in [0.4, 0.5) is 5.95 Å². The Bertz CT molecular complexity index is 1610. The molecule has 10 heteroatoms. The fourth-order valence-corrected chi connectivity index (χ4v) is 6.34. The van der Waals surface area contributed by atoms with Gasteiger partial charge >= 0.3 is 0 Å². The molecule has 9 nitrogen and oxygen atoms in total. The molecule has 3 heterocycles. The largest absolute Gasteiger partial charge is 0.467 e. The molecule has 1 aliphatic heterocycles. The molecule has 4 rings (SSSR count). The number of hydrogen-bond acceptors (Lipinski definition) is 7. The smallest absolute Gasteiger partial charge is 0.265 e. The highest BCUT2D eigenvalue weighted by molar-refractivity contribution is 7.92. The molecule has 0 radical (unpaired) electrons. The van der Waals surface area contributed by atoms with E-state index in [1.54, 1.807) is 17.0 Å². The van der Waals surface area contributed by atoms with Gasteiger partial charge in [-0.3, -0.25) is 9.78 Å². The Hall–Kier alpha value is -4.05. The molecule has 3 aromatic rings. The summed E-state index contributed by atoms with van der Waals surface area (Å²) in [6.07, 6.45) is 6.12. The van der Waals surface area contributed by atoms with Gasteiger partial charge in [0.1, 0.15) is 11.0 Å². The second-order valence-corrected chi connectivity index (χ2v) is 13.1. The number of aromatic nitrogens is 3. The van der Waals surface area contributed by atoms with Crippen LogP contribution in [0.5, 0.6) is 5.88 Å². The van der Waals surface area contributed by atoms with E-state index in [4.69, 9.17) is 4.74 Å². The topological polar surface area (TPSA) is 114 Å². The van der Waals surface area contributed by atoms with Crippen molar-refractivity contribution in [2.45, 2.75) is 78.0 Å². The second kappa shape index (κ2) is 12.4. The number of anilines is 1. The number of rotatable bonds is 6. The third-order valence-corrected chi connectivity index (χ3v) is 8.52. The summed E-state index contributed by atoms with van der Waals surface area (Å²) < 4.78 is 36.2. The van der Waals surface area contributed by atoms with Gasteiger partial charge in [0, 0.05) is 30.1 Å². The monoisotopic (exact) mass is 589 g/mol. The number of nitrogens with zero attached hydrogens (tertiary/aromatic N) is 4. The van der Waals surface area contributed by atoms with Crippen LogP contribution < -0.4 is 9.46 Å². The van der Waals surface area contributed by atoms with Gasteiger partial charge in [0.2, 0.25) is 11.8 Å². The molecule has 2 aromatic heterocycles. The molecule has 2 atom stereocenters. The lowest BCUT2D eigenvalue weighted by molar-refractivity contribution is 0.0344. The first kappa shape index (κ1) is 30.9. The molecule has 42 heavy (non-hydrogen) atoms. The fraction of sp³-hybridized carbons (Fsp3) is 0.375. The number of carbonyl (C=O) groups excluding carboxylic acids is 1. The molecule has 0 unspecified atom stereocenters. The number of sulfonamides is 1. The first-order chi connectivity index (χ1) is 19.8.